The maximum Gasteiger partial charge on any atom is 0.260 e. The largest absolute Gasteiger partial charge is 0.479 e. The Bertz CT molecular complexity index is 421. The van der Waals surface area contributed by atoms with Gasteiger partial charge in [0.2, 0.25) is 0 Å². The van der Waals surface area contributed by atoms with Crippen LogP contribution in [-0.4, -0.2) is 18.6 Å². The van der Waals surface area contributed by atoms with Crippen molar-refractivity contribution in [1.82, 2.24) is 5.32 Å². The summed E-state index contributed by atoms with van der Waals surface area (Å²) in [6.07, 6.45) is -0.563. The maximum atomic E-state index is 11.7. The summed E-state index contributed by atoms with van der Waals surface area (Å²) in [4.78, 5) is 11.7. The summed E-state index contributed by atoms with van der Waals surface area (Å²) in [5.74, 6) is 0.801. The lowest BCUT2D eigenvalue weighted by molar-refractivity contribution is -0.127. The molecule has 0 saturated heterocycles. The number of carbonyl (C=O) groups excluding carboxylic acids is 1. The van der Waals surface area contributed by atoms with Crippen molar-refractivity contribution in [3.63, 3.8) is 0 Å². The van der Waals surface area contributed by atoms with Crippen LogP contribution in [0.1, 0.15) is 20.8 Å². The van der Waals surface area contributed by atoms with Crippen LogP contribution in [0.2, 0.25) is 0 Å². The Balaban J connectivity index is 2.58. The van der Waals surface area contributed by atoms with Gasteiger partial charge in [-0.05, 0) is 31.0 Å². The third kappa shape index (κ3) is 4.56. The monoisotopic (exact) mass is 314 g/mol. The average Bonchev–Trinajstić information content (AvgIpc) is 2.29. The molecule has 100 valence electrons. The van der Waals surface area contributed by atoms with Crippen molar-refractivity contribution in [2.24, 2.45) is 5.92 Å². The summed E-state index contributed by atoms with van der Waals surface area (Å²) in [5.41, 5.74) is 6.31. The van der Waals surface area contributed by atoms with Crippen LogP contribution in [0.5, 0.6) is 5.75 Å². The number of benzene rings is 1. The molecule has 1 aromatic carbocycles. The number of hydrogen-bond donors (Lipinski definition) is 2. The van der Waals surface area contributed by atoms with Gasteiger partial charge in [-0.2, -0.15) is 0 Å². The van der Waals surface area contributed by atoms with E-state index in [1.165, 1.54) is 0 Å². The molecule has 3 N–H and O–H groups in total. The van der Waals surface area contributed by atoms with Crippen molar-refractivity contribution in [2.45, 2.75) is 26.9 Å². The minimum absolute atomic E-state index is 0.133. The number of rotatable bonds is 5. The summed E-state index contributed by atoms with van der Waals surface area (Å²) < 4.78 is 6.42. The standard InChI is InChI=1S/C13H19BrN2O2/c1-8(2)7-16-13(17)9(3)18-12-5-4-10(14)6-11(12)15/h4-6,8-9H,7,15H2,1-3H3,(H,16,17). The van der Waals surface area contributed by atoms with Gasteiger partial charge in [0.25, 0.3) is 5.91 Å². The third-order valence-electron chi connectivity index (χ3n) is 2.33. The highest BCUT2D eigenvalue weighted by Crippen LogP contribution is 2.26. The second-order valence-electron chi connectivity index (χ2n) is 4.58. The average molecular weight is 315 g/mol. The molecule has 1 amide bonds. The molecule has 18 heavy (non-hydrogen) atoms. The van der Waals surface area contributed by atoms with E-state index in [0.29, 0.717) is 23.9 Å². The molecule has 0 aromatic heterocycles. The number of anilines is 1. The molecule has 0 heterocycles. The van der Waals surface area contributed by atoms with Crippen LogP contribution in [0.4, 0.5) is 5.69 Å². The zero-order valence-corrected chi connectivity index (χ0v) is 12.5. The molecule has 0 fully saturated rings. The fraction of sp³-hybridized carbons (Fsp3) is 0.462. The van der Waals surface area contributed by atoms with Crippen molar-refractivity contribution < 1.29 is 9.53 Å². The molecule has 0 spiro atoms. The Hall–Kier alpha value is -1.23. The van der Waals surface area contributed by atoms with Crippen molar-refractivity contribution in [3.8, 4) is 5.75 Å². The van der Waals surface area contributed by atoms with Gasteiger partial charge < -0.3 is 15.8 Å². The van der Waals surface area contributed by atoms with Gasteiger partial charge in [0.15, 0.2) is 6.10 Å². The molecule has 1 rings (SSSR count). The first-order valence-electron chi connectivity index (χ1n) is 5.89. The van der Waals surface area contributed by atoms with Gasteiger partial charge >= 0.3 is 0 Å². The number of hydrogen-bond acceptors (Lipinski definition) is 3. The minimum Gasteiger partial charge on any atom is -0.479 e. The smallest absolute Gasteiger partial charge is 0.260 e. The summed E-state index contributed by atoms with van der Waals surface area (Å²) in [6, 6.07) is 5.31. The van der Waals surface area contributed by atoms with Crippen molar-refractivity contribution in [1.29, 1.82) is 0 Å². The van der Waals surface area contributed by atoms with E-state index in [1.807, 2.05) is 19.9 Å². The number of nitrogens with two attached hydrogens (primary N) is 1. The predicted octanol–water partition coefficient (Wildman–Crippen LogP) is 2.57. The van der Waals surface area contributed by atoms with Crippen molar-refractivity contribution >= 4 is 27.5 Å². The van der Waals surface area contributed by atoms with Crippen LogP contribution in [0.25, 0.3) is 0 Å². The minimum atomic E-state index is -0.563. The maximum absolute atomic E-state index is 11.7. The second kappa shape index (κ2) is 6.64. The first kappa shape index (κ1) is 14.8. The van der Waals surface area contributed by atoms with Gasteiger partial charge in [-0.25, -0.2) is 0 Å². The fourth-order valence-electron chi connectivity index (χ4n) is 1.32. The first-order valence-corrected chi connectivity index (χ1v) is 6.69. The molecule has 0 aliphatic rings. The van der Waals surface area contributed by atoms with E-state index < -0.39 is 6.10 Å². The Morgan fingerprint density at radius 1 is 1.44 bits per heavy atom. The molecule has 0 saturated carbocycles. The number of nitrogen functional groups attached to an aromatic ring is 1. The van der Waals surface area contributed by atoms with Crippen LogP contribution < -0.4 is 15.8 Å². The van der Waals surface area contributed by atoms with Crippen LogP contribution in [-0.2, 0) is 4.79 Å². The summed E-state index contributed by atoms with van der Waals surface area (Å²) in [6.45, 7) is 6.43. The lowest BCUT2D eigenvalue weighted by Gasteiger charge is -2.16. The second-order valence-corrected chi connectivity index (χ2v) is 5.50. The summed E-state index contributed by atoms with van der Waals surface area (Å²) in [7, 11) is 0. The third-order valence-corrected chi connectivity index (χ3v) is 2.82. The molecule has 0 aliphatic carbocycles. The van der Waals surface area contributed by atoms with E-state index in [-0.39, 0.29) is 5.91 Å². The number of halogens is 1. The van der Waals surface area contributed by atoms with Crippen LogP contribution >= 0.6 is 15.9 Å². The van der Waals surface area contributed by atoms with E-state index >= 15 is 0 Å². The van der Waals surface area contributed by atoms with E-state index in [9.17, 15) is 4.79 Å². The topological polar surface area (TPSA) is 64.3 Å². The number of nitrogens with one attached hydrogen (secondary N) is 1. The molecule has 0 radical (unpaired) electrons. The van der Waals surface area contributed by atoms with E-state index in [2.05, 4.69) is 21.2 Å². The van der Waals surface area contributed by atoms with Gasteiger partial charge in [-0.3, -0.25) is 4.79 Å². The van der Waals surface area contributed by atoms with Gasteiger partial charge in [0, 0.05) is 11.0 Å². The molecule has 5 heteroatoms. The Morgan fingerprint density at radius 3 is 2.67 bits per heavy atom. The van der Waals surface area contributed by atoms with Gasteiger partial charge in [-0.15, -0.1) is 0 Å². The van der Waals surface area contributed by atoms with Crippen LogP contribution in [0.15, 0.2) is 22.7 Å². The summed E-state index contributed by atoms with van der Waals surface area (Å²) >= 11 is 3.32. The van der Waals surface area contributed by atoms with E-state index in [1.54, 1.807) is 19.1 Å². The van der Waals surface area contributed by atoms with Crippen LogP contribution in [0.3, 0.4) is 0 Å². The highest BCUT2D eigenvalue weighted by atomic mass is 79.9. The zero-order valence-electron chi connectivity index (χ0n) is 10.9. The first-order chi connectivity index (χ1) is 8.40. The van der Waals surface area contributed by atoms with E-state index in [0.717, 1.165) is 4.47 Å². The Kier molecular flexibility index (Phi) is 5.47. The van der Waals surface area contributed by atoms with Crippen molar-refractivity contribution in [3.05, 3.63) is 22.7 Å². The fourth-order valence-corrected chi connectivity index (χ4v) is 1.70. The molecule has 0 aliphatic heterocycles. The van der Waals surface area contributed by atoms with Crippen LogP contribution in [0, 0.1) is 5.92 Å². The van der Waals surface area contributed by atoms with Gasteiger partial charge in [-0.1, -0.05) is 29.8 Å². The summed E-state index contributed by atoms with van der Waals surface area (Å²) in [5, 5.41) is 2.82. The predicted molar refractivity (Wildman–Crippen MR) is 76.5 cm³/mol. The molecule has 0 bridgehead atoms. The highest BCUT2D eigenvalue weighted by molar-refractivity contribution is 9.10. The lowest BCUT2D eigenvalue weighted by atomic mass is 10.2. The van der Waals surface area contributed by atoms with Gasteiger partial charge in [0.1, 0.15) is 5.75 Å². The zero-order chi connectivity index (χ0) is 13.7. The number of amides is 1. The lowest BCUT2D eigenvalue weighted by Crippen LogP contribution is -2.38. The SMILES string of the molecule is CC(C)CNC(=O)C(C)Oc1ccc(Br)cc1N. The normalized spacial score (nSPS) is 12.3. The molecule has 1 atom stereocenters. The van der Waals surface area contributed by atoms with Gasteiger partial charge in [0.05, 0.1) is 5.69 Å². The number of carbonyl (C=O) groups is 1. The Morgan fingerprint density at radius 2 is 2.11 bits per heavy atom. The molecular weight excluding hydrogens is 296 g/mol. The molecule has 1 aromatic rings. The molecule has 1 unspecified atom stereocenters. The number of ether oxygens (including phenoxy) is 1. The Labute approximate surface area is 116 Å². The quantitative estimate of drug-likeness (QED) is 0.821. The van der Waals surface area contributed by atoms with Crippen molar-refractivity contribution in [2.75, 3.05) is 12.3 Å². The molecule has 4 nitrogen and oxygen atoms in total. The molecular formula is C13H19BrN2O2. The van der Waals surface area contributed by atoms with E-state index in [4.69, 9.17) is 10.5 Å². The highest BCUT2D eigenvalue weighted by Gasteiger charge is 2.15.